The van der Waals surface area contributed by atoms with Crippen molar-refractivity contribution in [1.29, 1.82) is 0 Å². The van der Waals surface area contributed by atoms with Crippen LogP contribution >= 0.6 is 0 Å². The molecule has 0 spiro atoms. The van der Waals surface area contributed by atoms with Crippen molar-refractivity contribution in [3.8, 4) is 5.75 Å². The number of aryl methyl sites for hydroxylation is 1. The number of hydrogen-bond acceptors (Lipinski definition) is 1. The molecule has 0 N–H and O–H groups in total. The summed E-state index contributed by atoms with van der Waals surface area (Å²) in [6.45, 7) is 2.25. The molecule has 1 unspecified atom stereocenters. The molecule has 0 bridgehead atoms. The zero-order chi connectivity index (χ0) is 14.1. The first-order valence-corrected chi connectivity index (χ1v) is 7.82. The Hall–Kier alpha value is -1.12. The predicted octanol–water partition coefficient (Wildman–Crippen LogP) is 4.87. The molecule has 1 aromatic carbocycles. The topological polar surface area (TPSA) is 9.23 Å². The van der Waals surface area contributed by atoms with E-state index in [9.17, 15) is 8.78 Å². The highest BCUT2D eigenvalue weighted by Crippen LogP contribution is 2.39. The fourth-order valence-corrected chi connectivity index (χ4v) is 3.70. The molecular weight excluding hydrogens is 258 g/mol. The van der Waals surface area contributed by atoms with Gasteiger partial charge in [0.15, 0.2) is 11.6 Å². The Balaban J connectivity index is 1.71. The summed E-state index contributed by atoms with van der Waals surface area (Å²) in [6, 6.07) is 2.85. The Morgan fingerprint density at radius 2 is 1.85 bits per heavy atom. The molecule has 1 nitrogen and oxygen atoms in total. The lowest BCUT2D eigenvalue weighted by Gasteiger charge is -2.36. The minimum atomic E-state index is -0.811. The van der Waals surface area contributed by atoms with Crippen molar-refractivity contribution in [3.05, 3.63) is 29.3 Å². The van der Waals surface area contributed by atoms with Crippen LogP contribution < -0.4 is 4.74 Å². The van der Waals surface area contributed by atoms with Crippen LogP contribution in [0, 0.1) is 23.5 Å². The van der Waals surface area contributed by atoms with E-state index in [0.717, 1.165) is 37.2 Å². The molecular formula is C17H22F2O. The van der Waals surface area contributed by atoms with Gasteiger partial charge in [0.05, 0.1) is 0 Å². The predicted molar refractivity (Wildman–Crippen MR) is 74.8 cm³/mol. The summed E-state index contributed by atoms with van der Waals surface area (Å²) in [4.78, 5) is 0. The minimum Gasteiger partial charge on any atom is -0.487 e. The number of ether oxygens (including phenoxy) is 1. The lowest BCUT2D eigenvalue weighted by molar-refractivity contribution is 0.0717. The van der Waals surface area contributed by atoms with E-state index < -0.39 is 11.6 Å². The van der Waals surface area contributed by atoms with E-state index in [4.69, 9.17) is 4.74 Å². The van der Waals surface area contributed by atoms with Crippen molar-refractivity contribution in [3.63, 3.8) is 0 Å². The first-order chi connectivity index (χ1) is 9.69. The van der Waals surface area contributed by atoms with E-state index >= 15 is 0 Å². The van der Waals surface area contributed by atoms with Gasteiger partial charge in [-0.25, -0.2) is 4.39 Å². The van der Waals surface area contributed by atoms with Gasteiger partial charge in [0, 0.05) is 0 Å². The van der Waals surface area contributed by atoms with Crippen LogP contribution in [0.15, 0.2) is 12.1 Å². The van der Waals surface area contributed by atoms with E-state index in [1.165, 1.54) is 25.3 Å². The summed E-state index contributed by atoms with van der Waals surface area (Å²) >= 11 is 0. The van der Waals surface area contributed by atoms with Crippen molar-refractivity contribution >= 4 is 0 Å². The number of hydrogen-bond donors (Lipinski definition) is 0. The molecule has 1 saturated carbocycles. The third-order valence-corrected chi connectivity index (χ3v) is 5.09. The molecule has 0 saturated heterocycles. The van der Waals surface area contributed by atoms with Crippen LogP contribution in [0.25, 0.3) is 0 Å². The number of fused-ring (bicyclic) bond motifs is 1. The summed E-state index contributed by atoms with van der Waals surface area (Å²) in [7, 11) is 0. The Morgan fingerprint density at radius 1 is 1.10 bits per heavy atom. The Kier molecular flexibility index (Phi) is 3.95. The molecule has 0 aromatic heterocycles. The first kappa shape index (κ1) is 13.8. The summed E-state index contributed by atoms with van der Waals surface area (Å²) in [6.07, 6.45) is 7.87. The molecule has 1 atom stereocenters. The van der Waals surface area contributed by atoms with Crippen LogP contribution in [0.4, 0.5) is 8.78 Å². The quantitative estimate of drug-likeness (QED) is 0.750. The fraction of sp³-hybridized carbons (Fsp3) is 0.647. The number of rotatable bonds is 2. The van der Waals surface area contributed by atoms with Gasteiger partial charge in [-0.2, -0.15) is 4.39 Å². The molecule has 0 amide bonds. The van der Waals surface area contributed by atoms with E-state index in [-0.39, 0.29) is 11.9 Å². The Labute approximate surface area is 119 Å². The third kappa shape index (κ3) is 2.55. The number of halogens is 2. The van der Waals surface area contributed by atoms with Crippen LogP contribution in [0.2, 0.25) is 0 Å². The van der Waals surface area contributed by atoms with Crippen LogP contribution in [-0.4, -0.2) is 6.10 Å². The molecule has 1 aliphatic heterocycles. The third-order valence-electron chi connectivity index (χ3n) is 5.09. The van der Waals surface area contributed by atoms with Crippen molar-refractivity contribution in [2.75, 3.05) is 0 Å². The fourth-order valence-electron chi connectivity index (χ4n) is 3.70. The zero-order valence-corrected chi connectivity index (χ0v) is 12.0. The standard InChI is InChI=1S/C17H22F2O/c1-2-11-3-5-12(6-4-11)15-10-8-13-7-9-14(18)16(19)17(13)20-15/h7,9,11-12,15H,2-6,8,10H2,1H3/t11-,12-,15?. The zero-order valence-electron chi connectivity index (χ0n) is 12.0. The van der Waals surface area contributed by atoms with Gasteiger partial charge in [0.1, 0.15) is 6.10 Å². The maximum atomic E-state index is 13.8. The molecule has 3 heteroatoms. The second kappa shape index (κ2) is 5.71. The monoisotopic (exact) mass is 280 g/mol. The highest BCUT2D eigenvalue weighted by atomic mass is 19.2. The van der Waals surface area contributed by atoms with E-state index in [0.29, 0.717) is 5.92 Å². The highest BCUT2D eigenvalue weighted by molar-refractivity contribution is 5.37. The van der Waals surface area contributed by atoms with Gasteiger partial charge < -0.3 is 4.74 Å². The summed E-state index contributed by atoms with van der Waals surface area (Å²) in [5.41, 5.74) is 0.808. The molecule has 110 valence electrons. The lowest BCUT2D eigenvalue weighted by Crippen LogP contribution is -2.34. The average molecular weight is 280 g/mol. The molecule has 20 heavy (non-hydrogen) atoms. The summed E-state index contributed by atoms with van der Waals surface area (Å²) < 4.78 is 33.0. The Bertz CT molecular complexity index is 478. The van der Waals surface area contributed by atoms with Gasteiger partial charge in [-0.15, -0.1) is 0 Å². The molecule has 3 rings (SSSR count). The van der Waals surface area contributed by atoms with Gasteiger partial charge in [0.2, 0.25) is 5.82 Å². The van der Waals surface area contributed by atoms with Crippen LogP contribution in [0.1, 0.15) is 51.0 Å². The normalized spacial score (nSPS) is 29.6. The summed E-state index contributed by atoms with van der Waals surface area (Å²) in [5.74, 6) is -0.0997. The first-order valence-electron chi connectivity index (χ1n) is 7.82. The van der Waals surface area contributed by atoms with Gasteiger partial charge in [-0.1, -0.05) is 32.3 Å². The Morgan fingerprint density at radius 3 is 2.55 bits per heavy atom. The van der Waals surface area contributed by atoms with Crippen LogP contribution in [0.5, 0.6) is 5.75 Å². The van der Waals surface area contributed by atoms with Crippen LogP contribution in [-0.2, 0) is 6.42 Å². The van der Waals surface area contributed by atoms with Gasteiger partial charge in [-0.3, -0.25) is 0 Å². The van der Waals surface area contributed by atoms with Gasteiger partial charge in [0.25, 0.3) is 0 Å². The van der Waals surface area contributed by atoms with Crippen molar-refractivity contribution in [2.45, 2.75) is 58.0 Å². The molecule has 1 aromatic rings. The molecule has 1 aliphatic carbocycles. The lowest BCUT2D eigenvalue weighted by atomic mass is 9.77. The largest absolute Gasteiger partial charge is 0.487 e. The van der Waals surface area contributed by atoms with Crippen molar-refractivity contribution in [2.24, 2.45) is 11.8 Å². The molecule has 1 fully saturated rings. The van der Waals surface area contributed by atoms with Crippen molar-refractivity contribution < 1.29 is 13.5 Å². The molecule has 0 radical (unpaired) electrons. The number of benzene rings is 1. The second-order valence-corrected chi connectivity index (χ2v) is 6.23. The van der Waals surface area contributed by atoms with Crippen LogP contribution in [0.3, 0.4) is 0 Å². The van der Waals surface area contributed by atoms with Gasteiger partial charge in [-0.05, 0) is 49.1 Å². The second-order valence-electron chi connectivity index (χ2n) is 6.23. The highest BCUT2D eigenvalue weighted by Gasteiger charge is 2.32. The van der Waals surface area contributed by atoms with Crippen molar-refractivity contribution in [1.82, 2.24) is 0 Å². The maximum absolute atomic E-state index is 13.8. The smallest absolute Gasteiger partial charge is 0.200 e. The van der Waals surface area contributed by atoms with Gasteiger partial charge >= 0.3 is 0 Å². The SMILES string of the molecule is CC[C@H]1CC[C@H](C2CCc3ccc(F)c(F)c3O2)CC1. The average Bonchev–Trinajstić information content (AvgIpc) is 2.51. The minimum absolute atomic E-state index is 0.0663. The van der Waals surface area contributed by atoms with E-state index in [1.807, 2.05) is 0 Å². The molecule has 2 aliphatic rings. The van der Waals surface area contributed by atoms with E-state index in [2.05, 4.69) is 6.92 Å². The maximum Gasteiger partial charge on any atom is 0.200 e. The van der Waals surface area contributed by atoms with E-state index in [1.54, 1.807) is 6.07 Å². The molecule has 1 heterocycles. The summed E-state index contributed by atoms with van der Waals surface area (Å²) in [5, 5.41) is 0.